The van der Waals surface area contributed by atoms with E-state index in [-0.39, 0.29) is 5.54 Å². The molecule has 94 valence electrons. The minimum atomic E-state index is 0.234. The highest BCUT2D eigenvalue weighted by Gasteiger charge is 2.35. The highest BCUT2D eigenvalue weighted by atomic mass is 15.2. The summed E-state index contributed by atoms with van der Waals surface area (Å²) < 4.78 is 0. The zero-order valence-electron chi connectivity index (χ0n) is 11.3. The van der Waals surface area contributed by atoms with Crippen LogP contribution in [0.15, 0.2) is 24.3 Å². The van der Waals surface area contributed by atoms with Gasteiger partial charge in [0.15, 0.2) is 0 Å². The van der Waals surface area contributed by atoms with Gasteiger partial charge in [0, 0.05) is 5.54 Å². The molecule has 1 saturated heterocycles. The largest absolute Gasteiger partial charge is 0.317 e. The molecule has 2 nitrogen and oxygen atoms in total. The Hall–Kier alpha value is -0.860. The van der Waals surface area contributed by atoms with Gasteiger partial charge in [-0.15, -0.1) is 0 Å². The molecule has 1 aliphatic rings. The molecular formula is C15H24N2. The Morgan fingerprint density at radius 3 is 2.18 bits per heavy atom. The summed E-state index contributed by atoms with van der Waals surface area (Å²) in [6, 6.07) is 9.21. The van der Waals surface area contributed by atoms with Crippen molar-refractivity contribution < 1.29 is 0 Å². The van der Waals surface area contributed by atoms with Crippen LogP contribution in [0, 0.1) is 0 Å². The molecular weight excluding hydrogens is 208 g/mol. The van der Waals surface area contributed by atoms with Gasteiger partial charge in [-0.3, -0.25) is 4.90 Å². The second kappa shape index (κ2) is 5.19. The summed E-state index contributed by atoms with van der Waals surface area (Å²) >= 11 is 0. The highest BCUT2D eigenvalue weighted by Crippen LogP contribution is 2.35. The van der Waals surface area contributed by atoms with Crippen LogP contribution in [0.4, 0.5) is 0 Å². The summed E-state index contributed by atoms with van der Waals surface area (Å²) in [6.07, 6.45) is 3.52. The number of hydrogen-bond donors (Lipinski definition) is 1. The van der Waals surface area contributed by atoms with Crippen molar-refractivity contribution in [1.29, 1.82) is 0 Å². The molecule has 0 aliphatic carbocycles. The number of nitrogens with zero attached hydrogens (tertiary/aromatic N) is 1. The molecule has 0 aromatic heterocycles. The first kappa shape index (κ1) is 12.6. The van der Waals surface area contributed by atoms with E-state index in [9.17, 15) is 0 Å². The Kier molecular flexibility index (Phi) is 3.85. The summed E-state index contributed by atoms with van der Waals surface area (Å²) in [5, 5.41) is 3.46. The van der Waals surface area contributed by atoms with Crippen molar-refractivity contribution in [1.82, 2.24) is 10.2 Å². The van der Waals surface area contributed by atoms with Crippen molar-refractivity contribution in [3.8, 4) is 0 Å². The molecule has 1 aromatic rings. The molecule has 1 aromatic carbocycles. The van der Waals surface area contributed by atoms with Crippen LogP contribution >= 0.6 is 0 Å². The maximum absolute atomic E-state index is 3.46. The zero-order valence-corrected chi connectivity index (χ0v) is 11.3. The number of benzene rings is 1. The van der Waals surface area contributed by atoms with Gasteiger partial charge < -0.3 is 5.32 Å². The summed E-state index contributed by atoms with van der Waals surface area (Å²) in [4.78, 5) is 2.40. The first-order valence-corrected chi connectivity index (χ1v) is 6.66. The molecule has 2 rings (SSSR count). The number of aryl methyl sites for hydroxylation is 1. The van der Waals surface area contributed by atoms with E-state index in [1.54, 1.807) is 0 Å². The molecule has 1 N–H and O–H groups in total. The number of hydrogen-bond acceptors (Lipinski definition) is 2. The molecule has 2 heteroatoms. The van der Waals surface area contributed by atoms with E-state index in [2.05, 4.69) is 55.5 Å². The summed E-state index contributed by atoms with van der Waals surface area (Å²) in [6.45, 7) is 4.45. The van der Waals surface area contributed by atoms with Gasteiger partial charge in [0.1, 0.15) is 0 Å². The summed E-state index contributed by atoms with van der Waals surface area (Å²) in [5.74, 6) is 0. The summed E-state index contributed by atoms with van der Waals surface area (Å²) in [5.41, 5.74) is 3.13. The normalized spacial score (nSPS) is 19.5. The van der Waals surface area contributed by atoms with Crippen molar-refractivity contribution in [3.05, 3.63) is 35.4 Å². The maximum Gasteiger partial charge on any atom is 0.0478 e. The molecule has 1 aliphatic heterocycles. The Morgan fingerprint density at radius 1 is 1.12 bits per heavy atom. The average Bonchev–Trinajstić information content (AvgIpc) is 2.39. The van der Waals surface area contributed by atoms with Gasteiger partial charge in [-0.25, -0.2) is 0 Å². The molecule has 0 bridgehead atoms. The van der Waals surface area contributed by atoms with Crippen LogP contribution in [-0.2, 0) is 12.0 Å². The molecule has 0 saturated carbocycles. The molecule has 0 spiro atoms. The lowest BCUT2D eigenvalue weighted by Crippen LogP contribution is -2.49. The molecule has 1 heterocycles. The Bertz CT molecular complexity index is 348. The number of rotatable bonds is 3. The lowest BCUT2D eigenvalue weighted by atomic mass is 9.80. The molecule has 17 heavy (non-hydrogen) atoms. The lowest BCUT2D eigenvalue weighted by Gasteiger charge is -2.43. The predicted molar refractivity (Wildman–Crippen MR) is 73.3 cm³/mol. The highest BCUT2D eigenvalue weighted by molar-refractivity contribution is 5.29. The third kappa shape index (κ3) is 2.38. The zero-order chi connectivity index (χ0) is 12.3. The van der Waals surface area contributed by atoms with E-state index < -0.39 is 0 Å². The molecule has 0 radical (unpaired) electrons. The SMILES string of the molecule is CCc1ccc(C2(N(C)C)CCNCC2)cc1. The van der Waals surface area contributed by atoms with Crippen LogP contribution in [0.5, 0.6) is 0 Å². The molecule has 0 amide bonds. The molecule has 1 fully saturated rings. The Balaban J connectivity index is 2.31. The van der Waals surface area contributed by atoms with E-state index >= 15 is 0 Å². The number of nitrogens with one attached hydrogen (secondary N) is 1. The van der Waals surface area contributed by atoms with Crippen LogP contribution < -0.4 is 5.32 Å². The van der Waals surface area contributed by atoms with E-state index in [1.165, 1.54) is 24.0 Å². The topological polar surface area (TPSA) is 15.3 Å². The second-order valence-corrected chi connectivity index (χ2v) is 5.23. The first-order valence-electron chi connectivity index (χ1n) is 6.66. The van der Waals surface area contributed by atoms with Gasteiger partial charge in [-0.2, -0.15) is 0 Å². The third-order valence-electron chi connectivity index (χ3n) is 4.19. The lowest BCUT2D eigenvalue weighted by molar-refractivity contribution is 0.107. The maximum atomic E-state index is 3.46. The van der Waals surface area contributed by atoms with Crippen molar-refractivity contribution >= 4 is 0 Å². The fraction of sp³-hybridized carbons (Fsp3) is 0.600. The van der Waals surface area contributed by atoms with E-state index in [0.717, 1.165) is 19.5 Å². The van der Waals surface area contributed by atoms with Gasteiger partial charge in [0.05, 0.1) is 0 Å². The average molecular weight is 232 g/mol. The fourth-order valence-corrected chi connectivity index (χ4v) is 2.89. The van der Waals surface area contributed by atoms with Gasteiger partial charge >= 0.3 is 0 Å². The van der Waals surface area contributed by atoms with Crippen LogP contribution in [-0.4, -0.2) is 32.1 Å². The van der Waals surface area contributed by atoms with Crippen LogP contribution in [0.3, 0.4) is 0 Å². The second-order valence-electron chi connectivity index (χ2n) is 5.23. The van der Waals surface area contributed by atoms with Crippen LogP contribution in [0.1, 0.15) is 30.9 Å². The van der Waals surface area contributed by atoms with Crippen LogP contribution in [0.25, 0.3) is 0 Å². The minimum Gasteiger partial charge on any atom is -0.317 e. The van der Waals surface area contributed by atoms with Crippen molar-refractivity contribution in [2.24, 2.45) is 0 Å². The smallest absolute Gasteiger partial charge is 0.0478 e. The van der Waals surface area contributed by atoms with Crippen LogP contribution in [0.2, 0.25) is 0 Å². The van der Waals surface area contributed by atoms with Gasteiger partial charge in [-0.05, 0) is 57.6 Å². The Morgan fingerprint density at radius 2 is 1.71 bits per heavy atom. The minimum absolute atomic E-state index is 0.234. The van der Waals surface area contributed by atoms with Crippen molar-refractivity contribution in [2.45, 2.75) is 31.7 Å². The van der Waals surface area contributed by atoms with Gasteiger partial charge in [0.25, 0.3) is 0 Å². The Labute approximate surface area is 105 Å². The van der Waals surface area contributed by atoms with Gasteiger partial charge in [-0.1, -0.05) is 31.2 Å². The number of piperidine rings is 1. The molecule has 0 unspecified atom stereocenters. The fourth-order valence-electron chi connectivity index (χ4n) is 2.89. The summed E-state index contributed by atoms with van der Waals surface area (Å²) in [7, 11) is 4.41. The van der Waals surface area contributed by atoms with Crippen molar-refractivity contribution in [2.75, 3.05) is 27.2 Å². The standard InChI is InChI=1S/C15H24N2/c1-4-13-5-7-14(8-6-13)15(17(2)3)9-11-16-12-10-15/h5-8,16H,4,9-12H2,1-3H3. The van der Waals surface area contributed by atoms with E-state index in [1.807, 2.05) is 0 Å². The van der Waals surface area contributed by atoms with Crippen molar-refractivity contribution in [3.63, 3.8) is 0 Å². The van der Waals surface area contributed by atoms with Gasteiger partial charge in [0.2, 0.25) is 0 Å². The van der Waals surface area contributed by atoms with E-state index in [0.29, 0.717) is 0 Å². The van der Waals surface area contributed by atoms with E-state index in [4.69, 9.17) is 0 Å². The quantitative estimate of drug-likeness (QED) is 0.861. The predicted octanol–water partition coefficient (Wildman–Crippen LogP) is 2.39. The third-order valence-corrected chi connectivity index (χ3v) is 4.19. The molecule has 0 atom stereocenters. The monoisotopic (exact) mass is 232 g/mol. The first-order chi connectivity index (χ1) is 8.19.